The van der Waals surface area contributed by atoms with Crippen molar-refractivity contribution in [1.29, 1.82) is 0 Å². The predicted molar refractivity (Wildman–Crippen MR) is 77.9 cm³/mol. The van der Waals surface area contributed by atoms with Gasteiger partial charge in [-0.25, -0.2) is 0 Å². The van der Waals surface area contributed by atoms with E-state index in [9.17, 15) is 0 Å². The van der Waals surface area contributed by atoms with Crippen LogP contribution in [0.5, 0.6) is 0 Å². The van der Waals surface area contributed by atoms with E-state index in [1.165, 1.54) is 19.3 Å². The number of aromatic nitrogens is 2. The van der Waals surface area contributed by atoms with Crippen molar-refractivity contribution < 1.29 is 0 Å². The molecule has 0 amide bonds. The molecule has 0 spiro atoms. The Kier molecular flexibility index (Phi) is 5.28. The summed E-state index contributed by atoms with van der Waals surface area (Å²) >= 11 is 0. The maximum Gasteiger partial charge on any atom is 0.0755 e. The lowest BCUT2D eigenvalue weighted by Gasteiger charge is -2.36. The third kappa shape index (κ3) is 3.98. The second-order valence-electron chi connectivity index (χ2n) is 5.74. The molecule has 0 bridgehead atoms. The second kappa shape index (κ2) is 6.96. The molecule has 4 nitrogen and oxygen atoms in total. The zero-order valence-corrected chi connectivity index (χ0v) is 12.3. The van der Waals surface area contributed by atoms with Crippen LogP contribution < -0.4 is 5.32 Å². The van der Waals surface area contributed by atoms with Gasteiger partial charge in [0.15, 0.2) is 0 Å². The van der Waals surface area contributed by atoms with E-state index < -0.39 is 0 Å². The third-order valence-corrected chi connectivity index (χ3v) is 4.02. The van der Waals surface area contributed by atoms with Crippen molar-refractivity contribution in [2.24, 2.45) is 0 Å². The van der Waals surface area contributed by atoms with Gasteiger partial charge in [-0.2, -0.15) is 0 Å². The minimum Gasteiger partial charge on any atom is -0.313 e. The highest BCUT2D eigenvalue weighted by molar-refractivity contribution is 5.02. The lowest BCUT2D eigenvalue weighted by Crippen LogP contribution is -2.46. The van der Waals surface area contributed by atoms with E-state index in [1.54, 1.807) is 12.4 Å². The van der Waals surface area contributed by atoms with Gasteiger partial charge >= 0.3 is 0 Å². The van der Waals surface area contributed by atoms with Gasteiger partial charge in [-0.05, 0) is 40.2 Å². The van der Waals surface area contributed by atoms with E-state index >= 15 is 0 Å². The highest BCUT2D eigenvalue weighted by Crippen LogP contribution is 2.21. The van der Waals surface area contributed by atoms with Gasteiger partial charge in [-0.1, -0.05) is 6.42 Å². The van der Waals surface area contributed by atoms with E-state index in [2.05, 4.69) is 41.0 Å². The van der Waals surface area contributed by atoms with Crippen molar-refractivity contribution >= 4 is 0 Å². The van der Waals surface area contributed by atoms with Gasteiger partial charge in [0.05, 0.1) is 11.7 Å². The Hall–Kier alpha value is -1.00. The molecule has 2 atom stereocenters. The molecule has 4 heteroatoms. The molecule has 1 aromatic heterocycles. The monoisotopic (exact) mass is 262 g/mol. The summed E-state index contributed by atoms with van der Waals surface area (Å²) in [6.45, 7) is 9.00. The van der Waals surface area contributed by atoms with Gasteiger partial charge < -0.3 is 5.32 Å². The van der Waals surface area contributed by atoms with E-state index in [0.717, 1.165) is 18.8 Å². The fourth-order valence-corrected chi connectivity index (χ4v) is 2.85. The summed E-state index contributed by atoms with van der Waals surface area (Å²) in [5.41, 5.74) is 1.06. The first kappa shape index (κ1) is 14.4. The van der Waals surface area contributed by atoms with Crippen molar-refractivity contribution in [3.63, 3.8) is 0 Å². The van der Waals surface area contributed by atoms with Gasteiger partial charge in [0.25, 0.3) is 0 Å². The highest BCUT2D eigenvalue weighted by Gasteiger charge is 2.24. The van der Waals surface area contributed by atoms with Crippen LogP contribution in [0.15, 0.2) is 18.6 Å². The molecule has 0 radical (unpaired) electrons. The first-order chi connectivity index (χ1) is 9.18. The Bertz CT molecular complexity index is 360. The van der Waals surface area contributed by atoms with Crippen molar-refractivity contribution in [2.45, 2.75) is 58.2 Å². The number of hydrogen-bond donors (Lipinski definition) is 1. The molecule has 2 rings (SSSR count). The zero-order valence-electron chi connectivity index (χ0n) is 12.3. The Morgan fingerprint density at radius 1 is 1.32 bits per heavy atom. The van der Waals surface area contributed by atoms with Crippen LogP contribution in [0, 0.1) is 0 Å². The smallest absolute Gasteiger partial charge is 0.0755 e. The average molecular weight is 262 g/mol. The molecule has 0 aliphatic carbocycles. The molecule has 0 aromatic carbocycles. The summed E-state index contributed by atoms with van der Waals surface area (Å²) in [5.74, 6) is 0. The summed E-state index contributed by atoms with van der Waals surface area (Å²) in [7, 11) is 0. The Morgan fingerprint density at radius 3 is 2.74 bits per heavy atom. The van der Waals surface area contributed by atoms with Crippen LogP contribution in [-0.2, 0) is 0 Å². The summed E-state index contributed by atoms with van der Waals surface area (Å²) in [5, 5.41) is 3.63. The second-order valence-corrected chi connectivity index (χ2v) is 5.74. The molecule has 1 N–H and O–H groups in total. The van der Waals surface area contributed by atoms with Crippen LogP contribution in [-0.4, -0.2) is 40.0 Å². The SMILES string of the molecule is CC(C)N(CC1CCCCN1)C(C)c1cnccn1. The lowest BCUT2D eigenvalue weighted by molar-refractivity contribution is 0.135. The molecule has 2 unspecified atom stereocenters. The molecule has 1 aliphatic rings. The molecular formula is C15H26N4. The van der Waals surface area contributed by atoms with Crippen LogP contribution in [0.4, 0.5) is 0 Å². The Labute approximate surface area is 116 Å². The minimum absolute atomic E-state index is 0.317. The molecule has 1 aromatic rings. The van der Waals surface area contributed by atoms with Crippen molar-refractivity contribution in [3.8, 4) is 0 Å². The molecule has 0 saturated carbocycles. The largest absolute Gasteiger partial charge is 0.313 e. The predicted octanol–water partition coefficient (Wildman–Crippen LogP) is 2.39. The molecule has 2 heterocycles. The van der Waals surface area contributed by atoms with Crippen LogP contribution in [0.3, 0.4) is 0 Å². The summed E-state index contributed by atoms with van der Waals surface area (Å²) < 4.78 is 0. The third-order valence-electron chi connectivity index (χ3n) is 4.02. The van der Waals surface area contributed by atoms with Crippen LogP contribution in [0.1, 0.15) is 51.8 Å². The minimum atomic E-state index is 0.317. The standard InChI is InChI=1S/C15H26N4/c1-12(2)19(11-14-6-4-5-7-17-14)13(3)15-10-16-8-9-18-15/h8-10,12-14,17H,4-7,11H2,1-3H3. The number of nitrogens with one attached hydrogen (secondary N) is 1. The fraction of sp³-hybridized carbons (Fsp3) is 0.733. The first-order valence-electron chi connectivity index (χ1n) is 7.43. The van der Waals surface area contributed by atoms with Crippen LogP contribution in [0.2, 0.25) is 0 Å². The van der Waals surface area contributed by atoms with Gasteiger partial charge in [-0.3, -0.25) is 14.9 Å². The lowest BCUT2D eigenvalue weighted by atomic mass is 10.0. The maximum atomic E-state index is 4.45. The fourth-order valence-electron chi connectivity index (χ4n) is 2.85. The zero-order chi connectivity index (χ0) is 13.7. The van der Waals surface area contributed by atoms with E-state index in [4.69, 9.17) is 0 Å². The molecule has 1 aliphatic heterocycles. The van der Waals surface area contributed by atoms with Crippen molar-refractivity contribution in [3.05, 3.63) is 24.3 Å². The topological polar surface area (TPSA) is 41.0 Å². The quantitative estimate of drug-likeness (QED) is 0.884. The normalized spacial score (nSPS) is 21.8. The Morgan fingerprint density at radius 2 is 2.16 bits per heavy atom. The van der Waals surface area contributed by atoms with Gasteiger partial charge in [0, 0.05) is 37.2 Å². The summed E-state index contributed by atoms with van der Waals surface area (Å²) in [6.07, 6.45) is 9.35. The molecule has 1 fully saturated rings. The average Bonchev–Trinajstić information content (AvgIpc) is 2.46. The van der Waals surface area contributed by atoms with E-state index in [1.807, 2.05) is 6.20 Å². The first-order valence-corrected chi connectivity index (χ1v) is 7.43. The van der Waals surface area contributed by atoms with E-state index in [0.29, 0.717) is 18.1 Å². The molecular weight excluding hydrogens is 236 g/mol. The summed E-state index contributed by atoms with van der Waals surface area (Å²) in [4.78, 5) is 11.2. The molecule has 19 heavy (non-hydrogen) atoms. The number of piperidine rings is 1. The number of nitrogens with zero attached hydrogens (tertiary/aromatic N) is 3. The number of rotatable bonds is 5. The summed E-state index contributed by atoms with van der Waals surface area (Å²) in [6, 6.07) is 1.45. The van der Waals surface area contributed by atoms with Crippen LogP contribution >= 0.6 is 0 Å². The maximum absolute atomic E-state index is 4.45. The van der Waals surface area contributed by atoms with Gasteiger partial charge in [0.2, 0.25) is 0 Å². The van der Waals surface area contributed by atoms with Gasteiger partial charge in [0.1, 0.15) is 0 Å². The van der Waals surface area contributed by atoms with E-state index in [-0.39, 0.29) is 0 Å². The van der Waals surface area contributed by atoms with Crippen molar-refractivity contribution in [2.75, 3.05) is 13.1 Å². The molecule has 1 saturated heterocycles. The van der Waals surface area contributed by atoms with Crippen LogP contribution in [0.25, 0.3) is 0 Å². The molecule has 106 valence electrons. The number of hydrogen-bond acceptors (Lipinski definition) is 4. The highest BCUT2D eigenvalue weighted by atomic mass is 15.2. The van der Waals surface area contributed by atoms with Crippen molar-refractivity contribution in [1.82, 2.24) is 20.2 Å². The van der Waals surface area contributed by atoms with Gasteiger partial charge in [-0.15, -0.1) is 0 Å². The Balaban J connectivity index is 2.02.